The molecule has 180 valence electrons. The van der Waals surface area contributed by atoms with Crippen molar-refractivity contribution in [1.82, 2.24) is 19.0 Å². The van der Waals surface area contributed by atoms with Crippen LogP contribution in [0.4, 0.5) is 5.69 Å². The molecule has 0 unspecified atom stereocenters. The molecule has 0 radical (unpaired) electrons. The molecule has 2 heterocycles. The summed E-state index contributed by atoms with van der Waals surface area (Å²) in [5.41, 5.74) is 4.54. The van der Waals surface area contributed by atoms with Crippen molar-refractivity contribution < 1.29 is 13.2 Å². The van der Waals surface area contributed by atoms with Crippen LogP contribution in [0.15, 0.2) is 59.8 Å². The predicted octanol–water partition coefficient (Wildman–Crippen LogP) is 2.82. The van der Waals surface area contributed by atoms with E-state index in [1.54, 1.807) is 14.1 Å². The number of hydrogen-bond acceptors (Lipinski definition) is 5. The molecule has 0 atom stereocenters. The molecule has 0 N–H and O–H groups in total. The molecular weight excluding hydrogens is 450 g/mol. The van der Waals surface area contributed by atoms with Crippen molar-refractivity contribution in [1.29, 1.82) is 0 Å². The van der Waals surface area contributed by atoms with E-state index in [-0.39, 0.29) is 16.5 Å². The van der Waals surface area contributed by atoms with Crippen molar-refractivity contribution in [2.75, 3.05) is 38.1 Å². The zero-order valence-corrected chi connectivity index (χ0v) is 20.9. The molecule has 8 nitrogen and oxygen atoms in total. The number of sulfonamides is 1. The Kier molecular flexibility index (Phi) is 6.77. The molecule has 1 aliphatic heterocycles. The Labute approximate surface area is 201 Å². The second-order valence-corrected chi connectivity index (χ2v) is 10.7. The molecule has 1 fully saturated rings. The number of carbonyl (C=O) groups is 1. The van der Waals surface area contributed by atoms with Crippen molar-refractivity contribution in [2.24, 2.45) is 7.05 Å². The van der Waals surface area contributed by atoms with Gasteiger partial charge in [0.05, 0.1) is 5.56 Å². The van der Waals surface area contributed by atoms with E-state index in [1.165, 1.54) is 31.2 Å². The third-order valence-corrected chi connectivity index (χ3v) is 8.00. The highest BCUT2D eigenvalue weighted by atomic mass is 32.2. The number of aromatic nitrogens is 2. The molecule has 2 aromatic carbocycles. The van der Waals surface area contributed by atoms with Crippen LogP contribution in [0.3, 0.4) is 0 Å². The second-order valence-electron chi connectivity index (χ2n) is 8.85. The van der Waals surface area contributed by atoms with Crippen molar-refractivity contribution in [3.63, 3.8) is 0 Å². The van der Waals surface area contributed by atoms with Gasteiger partial charge < -0.3 is 9.80 Å². The molecule has 0 saturated carbocycles. The van der Waals surface area contributed by atoms with Crippen LogP contribution >= 0.6 is 0 Å². The lowest BCUT2D eigenvalue weighted by Gasteiger charge is -2.36. The molecule has 0 spiro atoms. The average Bonchev–Trinajstić information content (AvgIpc) is 3.23. The Hall–Kier alpha value is -3.17. The highest BCUT2D eigenvalue weighted by molar-refractivity contribution is 7.89. The van der Waals surface area contributed by atoms with E-state index in [9.17, 15) is 13.2 Å². The first-order valence-electron chi connectivity index (χ1n) is 11.3. The van der Waals surface area contributed by atoms with Gasteiger partial charge in [0.2, 0.25) is 5.03 Å². The minimum Gasteiger partial charge on any atom is -0.369 e. The van der Waals surface area contributed by atoms with Crippen LogP contribution in [0.5, 0.6) is 0 Å². The Bertz CT molecular complexity index is 1280. The predicted molar refractivity (Wildman–Crippen MR) is 132 cm³/mol. The summed E-state index contributed by atoms with van der Waals surface area (Å²) in [5.74, 6) is -0.371. The zero-order chi connectivity index (χ0) is 24.5. The Balaban J connectivity index is 1.52. The number of anilines is 1. The summed E-state index contributed by atoms with van der Waals surface area (Å²) in [5, 5.41) is 4.02. The third kappa shape index (κ3) is 4.85. The first kappa shape index (κ1) is 24.0. The highest BCUT2D eigenvalue weighted by Gasteiger charge is 2.35. The molecule has 3 aromatic rings. The van der Waals surface area contributed by atoms with Crippen molar-refractivity contribution in [3.05, 3.63) is 77.0 Å². The Morgan fingerprint density at radius 3 is 2.38 bits per heavy atom. The number of aryl methyl sites for hydroxylation is 3. The Morgan fingerprint density at radius 1 is 1.03 bits per heavy atom. The summed E-state index contributed by atoms with van der Waals surface area (Å²) in [4.78, 5) is 16.9. The Morgan fingerprint density at radius 2 is 1.71 bits per heavy atom. The first-order valence-corrected chi connectivity index (χ1v) is 12.8. The SMILES string of the molecule is Cc1ccc(C)c(N2CCN(S(=O)(=O)c3nn(C)cc3C(=O)N(C)Cc3ccccc3)CC2)c1. The van der Waals surface area contributed by atoms with E-state index < -0.39 is 10.0 Å². The van der Waals surface area contributed by atoms with Gasteiger partial charge in [-0.15, -0.1) is 0 Å². The lowest BCUT2D eigenvalue weighted by molar-refractivity contribution is 0.0781. The van der Waals surface area contributed by atoms with E-state index in [0.29, 0.717) is 32.7 Å². The van der Waals surface area contributed by atoms with Gasteiger partial charge in [-0.1, -0.05) is 42.5 Å². The molecule has 0 bridgehead atoms. The first-order chi connectivity index (χ1) is 16.2. The number of amides is 1. The second kappa shape index (κ2) is 9.60. The normalized spacial score (nSPS) is 14.9. The van der Waals surface area contributed by atoms with Crippen LogP contribution < -0.4 is 4.90 Å². The standard InChI is InChI=1S/C25H31N5O3S/c1-19-10-11-20(2)23(16-19)29-12-14-30(15-13-29)34(32,33)24-22(18-28(4)26-24)25(31)27(3)17-21-8-6-5-7-9-21/h5-11,16,18H,12-15,17H2,1-4H3. The molecule has 34 heavy (non-hydrogen) atoms. The lowest BCUT2D eigenvalue weighted by Crippen LogP contribution is -2.49. The molecule has 0 aliphatic carbocycles. The van der Waals surface area contributed by atoms with Crippen LogP contribution in [0.1, 0.15) is 27.0 Å². The lowest BCUT2D eigenvalue weighted by atomic mass is 10.1. The van der Waals surface area contributed by atoms with Gasteiger partial charge in [0, 0.05) is 58.7 Å². The van der Waals surface area contributed by atoms with Crippen LogP contribution in [0.25, 0.3) is 0 Å². The summed E-state index contributed by atoms with van der Waals surface area (Å²) >= 11 is 0. The highest BCUT2D eigenvalue weighted by Crippen LogP contribution is 2.26. The molecule has 1 amide bonds. The summed E-state index contributed by atoms with van der Waals surface area (Å²) < 4.78 is 29.9. The zero-order valence-electron chi connectivity index (χ0n) is 20.1. The fraction of sp³-hybridized carbons (Fsp3) is 0.360. The summed E-state index contributed by atoms with van der Waals surface area (Å²) in [6, 6.07) is 15.9. The van der Waals surface area contributed by atoms with Crippen LogP contribution in [-0.4, -0.2) is 66.5 Å². The van der Waals surface area contributed by atoms with Gasteiger partial charge in [-0.3, -0.25) is 9.48 Å². The van der Waals surface area contributed by atoms with Gasteiger partial charge in [-0.05, 0) is 36.6 Å². The maximum Gasteiger partial charge on any atom is 0.263 e. The minimum atomic E-state index is -3.92. The monoisotopic (exact) mass is 481 g/mol. The van der Waals surface area contributed by atoms with E-state index in [2.05, 4.69) is 42.0 Å². The molecule has 9 heteroatoms. The van der Waals surface area contributed by atoms with Crippen molar-refractivity contribution in [2.45, 2.75) is 25.4 Å². The molecule has 1 saturated heterocycles. The van der Waals surface area contributed by atoms with Gasteiger partial charge in [0.15, 0.2) is 0 Å². The number of benzene rings is 2. The quantitative estimate of drug-likeness (QED) is 0.541. The van der Waals surface area contributed by atoms with Crippen LogP contribution in [0.2, 0.25) is 0 Å². The number of carbonyl (C=O) groups excluding carboxylic acids is 1. The van der Waals surface area contributed by atoms with E-state index in [0.717, 1.165) is 11.3 Å². The topological polar surface area (TPSA) is 78.8 Å². The third-order valence-electron chi connectivity index (χ3n) is 6.16. The van der Waals surface area contributed by atoms with Crippen molar-refractivity contribution in [3.8, 4) is 0 Å². The molecule has 4 rings (SSSR count). The maximum atomic E-state index is 13.5. The smallest absolute Gasteiger partial charge is 0.263 e. The van der Waals surface area contributed by atoms with Crippen LogP contribution in [0, 0.1) is 13.8 Å². The maximum absolute atomic E-state index is 13.5. The fourth-order valence-electron chi connectivity index (χ4n) is 4.29. The number of nitrogens with zero attached hydrogens (tertiary/aromatic N) is 5. The van der Waals surface area contributed by atoms with Gasteiger partial charge in [-0.2, -0.15) is 9.40 Å². The van der Waals surface area contributed by atoms with E-state index in [1.807, 2.05) is 30.3 Å². The number of hydrogen-bond donors (Lipinski definition) is 0. The summed E-state index contributed by atoms with van der Waals surface area (Å²) in [6.45, 7) is 6.32. The molecule has 1 aliphatic rings. The van der Waals surface area contributed by atoms with Gasteiger partial charge in [0.25, 0.3) is 15.9 Å². The van der Waals surface area contributed by atoms with Crippen LogP contribution in [-0.2, 0) is 23.6 Å². The van der Waals surface area contributed by atoms with Crippen molar-refractivity contribution >= 4 is 21.6 Å². The fourth-order valence-corrected chi connectivity index (χ4v) is 5.83. The molecule has 1 aromatic heterocycles. The van der Waals surface area contributed by atoms with Gasteiger partial charge in [0.1, 0.15) is 0 Å². The minimum absolute atomic E-state index is 0.0953. The number of rotatable bonds is 6. The largest absolute Gasteiger partial charge is 0.369 e. The van der Waals surface area contributed by atoms with Gasteiger partial charge >= 0.3 is 0 Å². The average molecular weight is 482 g/mol. The molecular formula is C25H31N5O3S. The van der Waals surface area contributed by atoms with E-state index in [4.69, 9.17) is 0 Å². The number of piperazine rings is 1. The van der Waals surface area contributed by atoms with E-state index >= 15 is 0 Å². The summed E-state index contributed by atoms with van der Waals surface area (Å²) in [7, 11) is -0.621. The van der Waals surface area contributed by atoms with Gasteiger partial charge in [-0.25, -0.2) is 8.42 Å². The summed E-state index contributed by atoms with van der Waals surface area (Å²) in [6.07, 6.45) is 1.49.